The van der Waals surface area contributed by atoms with Crippen molar-refractivity contribution in [1.29, 1.82) is 0 Å². The maximum atomic E-state index is 11.6. The van der Waals surface area contributed by atoms with Crippen molar-refractivity contribution < 1.29 is 19.5 Å². The first-order valence-corrected chi connectivity index (χ1v) is 5.36. The number of halogens is 1. The normalized spacial score (nSPS) is 33.7. The van der Waals surface area contributed by atoms with Crippen LogP contribution in [0.5, 0.6) is 0 Å². The Labute approximate surface area is 94.6 Å². The molecule has 0 aromatic heterocycles. The zero-order chi connectivity index (χ0) is 11.2. The van der Waals surface area contributed by atoms with Gasteiger partial charge in [0.15, 0.2) is 12.1 Å². The van der Waals surface area contributed by atoms with Gasteiger partial charge >= 0.3 is 5.97 Å². The smallest absolute Gasteiger partial charge is 0.341 e. The van der Waals surface area contributed by atoms with E-state index in [2.05, 4.69) is 26.1 Å². The van der Waals surface area contributed by atoms with E-state index in [1.165, 1.54) is 7.05 Å². The van der Waals surface area contributed by atoms with Gasteiger partial charge in [0.05, 0.1) is 4.45 Å². The molecular weight excluding hydrogens is 268 g/mol. The van der Waals surface area contributed by atoms with Gasteiger partial charge in [-0.25, -0.2) is 4.79 Å². The standard InChI is InChI=1S/C8H11BrN2O4/c1-11-6(13)4(7(14)15-11)5(12)10-8(9)2-3-8/h4,6,13H,2-3H2,1H3,(H,10,12). The van der Waals surface area contributed by atoms with Crippen LogP contribution >= 0.6 is 15.9 Å². The first-order chi connectivity index (χ1) is 6.93. The van der Waals surface area contributed by atoms with E-state index in [0.717, 1.165) is 17.9 Å². The molecule has 6 nitrogen and oxygen atoms in total. The summed E-state index contributed by atoms with van der Waals surface area (Å²) in [4.78, 5) is 27.5. The summed E-state index contributed by atoms with van der Waals surface area (Å²) >= 11 is 3.31. The van der Waals surface area contributed by atoms with Gasteiger partial charge in [0, 0.05) is 7.05 Å². The molecule has 1 saturated heterocycles. The highest BCUT2D eigenvalue weighted by molar-refractivity contribution is 9.10. The Morgan fingerprint density at radius 1 is 1.73 bits per heavy atom. The number of carbonyl (C=O) groups excluding carboxylic acids is 2. The molecule has 0 spiro atoms. The van der Waals surface area contributed by atoms with Crippen LogP contribution in [0.2, 0.25) is 0 Å². The third kappa shape index (κ3) is 1.99. The Morgan fingerprint density at radius 2 is 2.33 bits per heavy atom. The maximum absolute atomic E-state index is 11.6. The predicted octanol–water partition coefficient (Wildman–Crippen LogP) is -0.674. The largest absolute Gasteiger partial charge is 0.374 e. The van der Waals surface area contributed by atoms with Crippen LogP contribution in [0.3, 0.4) is 0 Å². The lowest BCUT2D eigenvalue weighted by molar-refractivity contribution is -0.183. The monoisotopic (exact) mass is 278 g/mol. The first kappa shape index (κ1) is 10.8. The van der Waals surface area contributed by atoms with Gasteiger partial charge in [0.1, 0.15) is 0 Å². The van der Waals surface area contributed by atoms with Crippen molar-refractivity contribution >= 4 is 27.8 Å². The third-order valence-corrected chi connectivity index (χ3v) is 3.47. The highest BCUT2D eigenvalue weighted by Gasteiger charge is 2.49. The van der Waals surface area contributed by atoms with Crippen molar-refractivity contribution in [3.63, 3.8) is 0 Å². The van der Waals surface area contributed by atoms with E-state index in [9.17, 15) is 14.7 Å². The van der Waals surface area contributed by atoms with E-state index in [1.807, 2.05) is 0 Å². The van der Waals surface area contributed by atoms with E-state index in [0.29, 0.717) is 0 Å². The molecule has 2 fully saturated rings. The second kappa shape index (κ2) is 3.43. The molecular formula is C8H11BrN2O4. The minimum atomic E-state index is -1.22. The molecule has 7 heteroatoms. The summed E-state index contributed by atoms with van der Waals surface area (Å²) in [7, 11) is 1.40. The van der Waals surface area contributed by atoms with E-state index in [1.54, 1.807) is 0 Å². The molecule has 1 heterocycles. The van der Waals surface area contributed by atoms with Crippen molar-refractivity contribution in [2.45, 2.75) is 23.5 Å². The first-order valence-electron chi connectivity index (χ1n) is 4.57. The summed E-state index contributed by atoms with van der Waals surface area (Å²) in [5, 5.41) is 13.1. The maximum Gasteiger partial charge on any atom is 0.341 e. The summed E-state index contributed by atoms with van der Waals surface area (Å²) in [6, 6.07) is 0. The van der Waals surface area contributed by atoms with Crippen LogP contribution in [0.15, 0.2) is 0 Å². The fourth-order valence-corrected chi connectivity index (χ4v) is 1.75. The van der Waals surface area contributed by atoms with Crippen LogP contribution in [-0.2, 0) is 14.4 Å². The van der Waals surface area contributed by atoms with E-state index in [-0.39, 0.29) is 4.45 Å². The minimum absolute atomic E-state index is 0.384. The van der Waals surface area contributed by atoms with Crippen LogP contribution < -0.4 is 5.32 Å². The highest BCUT2D eigenvalue weighted by Crippen LogP contribution is 2.41. The Balaban J connectivity index is 2.03. The molecule has 1 saturated carbocycles. The molecule has 0 radical (unpaired) electrons. The lowest BCUT2D eigenvalue weighted by Gasteiger charge is -2.15. The molecule has 1 aliphatic carbocycles. The van der Waals surface area contributed by atoms with Gasteiger partial charge in [-0.05, 0) is 12.8 Å². The molecule has 0 bridgehead atoms. The van der Waals surface area contributed by atoms with Crippen molar-refractivity contribution in [1.82, 2.24) is 10.4 Å². The summed E-state index contributed by atoms with van der Waals surface area (Å²) in [6.07, 6.45) is 0.436. The van der Waals surface area contributed by atoms with Gasteiger partial charge in [-0.1, -0.05) is 15.9 Å². The topological polar surface area (TPSA) is 78.9 Å². The SMILES string of the molecule is CN1OC(=O)C(C(=O)NC2(Br)CC2)C1O. The molecule has 2 aliphatic rings. The van der Waals surface area contributed by atoms with Crippen molar-refractivity contribution in [2.24, 2.45) is 5.92 Å². The number of aliphatic hydroxyl groups is 1. The fourth-order valence-electron chi connectivity index (χ4n) is 1.36. The molecule has 2 N–H and O–H groups in total. The third-order valence-electron chi connectivity index (χ3n) is 2.48. The Hall–Kier alpha value is -0.660. The van der Waals surface area contributed by atoms with Gasteiger partial charge in [0.2, 0.25) is 5.91 Å². The van der Waals surface area contributed by atoms with E-state index < -0.39 is 24.0 Å². The summed E-state index contributed by atoms with van der Waals surface area (Å²) in [5.74, 6) is -2.39. The van der Waals surface area contributed by atoms with Crippen LogP contribution in [0.1, 0.15) is 12.8 Å². The number of rotatable bonds is 2. The number of amides is 1. The quantitative estimate of drug-likeness (QED) is 0.398. The molecule has 0 aromatic carbocycles. The van der Waals surface area contributed by atoms with Crippen LogP contribution in [0.25, 0.3) is 0 Å². The molecule has 1 amide bonds. The zero-order valence-corrected chi connectivity index (χ0v) is 9.65. The van der Waals surface area contributed by atoms with Crippen molar-refractivity contribution in [2.75, 3.05) is 7.05 Å². The van der Waals surface area contributed by atoms with Crippen molar-refractivity contribution in [3.05, 3.63) is 0 Å². The average Bonchev–Trinajstić information content (AvgIpc) is 2.76. The molecule has 1 aliphatic heterocycles. The molecule has 84 valence electrons. The van der Waals surface area contributed by atoms with E-state index in [4.69, 9.17) is 0 Å². The number of hydrogen-bond acceptors (Lipinski definition) is 5. The highest BCUT2D eigenvalue weighted by atomic mass is 79.9. The zero-order valence-electron chi connectivity index (χ0n) is 8.07. The number of nitrogens with zero attached hydrogens (tertiary/aromatic N) is 1. The summed E-state index contributed by atoms with van der Waals surface area (Å²) in [6.45, 7) is 0. The van der Waals surface area contributed by atoms with Gasteiger partial charge in [-0.15, -0.1) is 5.06 Å². The second-order valence-corrected chi connectivity index (χ2v) is 5.32. The Morgan fingerprint density at radius 3 is 2.73 bits per heavy atom. The number of hydroxylamine groups is 2. The van der Waals surface area contributed by atoms with E-state index >= 15 is 0 Å². The molecule has 2 atom stereocenters. The minimum Gasteiger partial charge on any atom is -0.374 e. The number of carbonyl (C=O) groups is 2. The van der Waals surface area contributed by atoms with Gasteiger partial charge < -0.3 is 15.3 Å². The number of hydrogen-bond donors (Lipinski definition) is 2. The molecule has 0 aromatic rings. The van der Waals surface area contributed by atoms with Crippen LogP contribution in [0, 0.1) is 5.92 Å². The average molecular weight is 279 g/mol. The Bertz CT molecular complexity index is 318. The lowest BCUT2D eigenvalue weighted by Crippen LogP contribution is -2.44. The molecule has 2 rings (SSSR count). The number of alkyl halides is 1. The summed E-state index contributed by atoms with van der Waals surface area (Å²) in [5.41, 5.74) is 0. The van der Waals surface area contributed by atoms with Crippen LogP contribution in [-0.4, -0.2) is 39.8 Å². The number of nitrogens with one attached hydrogen (secondary N) is 1. The van der Waals surface area contributed by atoms with Gasteiger partial charge in [-0.2, -0.15) is 0 Å². The number of aliphatic hydroxyl groups excluding tert-OH is 1. The Kier molecular flexibility index (Phi) is 2.48. The molecule has 2 unspecified atom stereocenters. The van der Waals surface area contributed by atoms with Crippen LogP contribution in [0.4, 0.5) is 0 Å². The second-order valence-electron chi connectivity index (χ2n) is 3.80. The van der Waals surface area contributed by atoms with Gasteiger partial charge in [0.25, 0.3) is 0 Å². The fraction of sp³-hybridized carbons (Fsp3) is 0.750. The van der Waals surface area contributed by atoms with Crippen molar-refractivity contribution in [3.8, 4) is 0 Å². The van der Waals surface area contributed by atoms with Gasteiger partial charge in [-0.3, -0.25) is 4.79 Å². The lowest BCUT2D eigenvalue weighted by atomic mass is 10.1. The summed E-state index contributed by atoms with van der Waals surface area (Å²) < 4.78 is -0.384. The predicted molar refractivity (Wildman–Crippen MR) is 52.4 cm³/mol. The molecule has 15 heavy (non-hydrogen) atoms.